The van der Waals surface area contributed by atoms with Gasteiger partial charge < -0.3 is 14.4 Å². The molecule has 1 heterocycles. The molecule has 6 nitrogen and oxygen atoms in total. The van der Waals surface area contributed by atoms with E-state index in [2.05, 4.69) is 33.9 Å². The first-order valence-electron chi connectivity index (χ1n) is 10.1. The fourth-order valence-corrected chi connectivity index (χ4v) is 4.82. The molecule has 29 heavy (non-hydrogen) atoms. The van der Waals surface area contributed by atoms with Gasteiger partial charge in [-0.2, -0.15) is 0 Å². The molecular formula is C22H30N2O4S. The number of ether oxygens (including phenoxy) is 2. The summed E-state index contributed by atoms with van der Waals surface area (Å²) in [4.78, 5) is 2.52. The summed E-state index contributed by atoms with van der Waals surface area (Å²) in [7, 11) is -0.746. The molecule has 1 fully saturated rings. The molecular weight excluding hydrogens is 388 g/mol. The van der Waals surface area contributed by atoms with Crippen LogP contribution in [0, 0.1) is 0 Å². The Morgan fingerprint density at radius 3 is 2.24 bits per heavy atom. The molecule has 1 saturated heterocycles. The molecule has 1 N–H and O–H groups in total. The summed E-state index contributed by atoms with van der Waals surface area (Å²) < 4.78 is 38.4. The second kappa shape index (κ2) is 9.98. The van der Waals surface area contributed by atoms with Crippen LogP contribution in [0.25, 0.3) is 0 Å². The average Bonchev–Trinajstić information content (AvgIpc) is 3.03. The van der Waals surface area contributed by atoms with Gasteiger partial charge in [0, 0.05) is 31.4 Å². The Labute approximate surface area is 173 Å². The van der Waals surface area contributed by atoms with Crippen molar-refractivity contribution in [3.63, 3.8) is 0 Å². The molecule has 0 radical (unpaired) electrons. The number of benzene rings is 2. The van der Waals surface area contributed by atoms with Gasteiger partial charge in [-0.3, -0.25) is 0 Å². The van der Waals surface area contributed by atoms with Crippen LogP contribution in [0.3, 0.4) is 0 Å². The molecule has 0 aliphatic carbocycles. The van der Waals surface area contributed by atoms with Gasteiger partial charge in [-0.05, 0) is 49.1 Å². The Hall–Kier alpha value is -2.25. The highest BCUT2D eigenvalue weighted by atomic mass is 32.2. The lowest BCUT2D eigenvalue weighted by Gasteiger charge is -2.22. The van der Waals surface area contributed by atoms with E-state index in [1.807, 2.05) is 0 Å². The number of methoxy groups -OCH3 is 2. The number of nitrogens with zero attached hydrogens (tertiary/aromatic N) is 1. The second-order valence-electron chi connectivity index (χ2n) is 7.23. The topological polar surface area (TPSA) is 67.9 Å². The van der Waals surface area contributed by atoms with Crippen LogP contribution < -0.4 is 19.1 Å². The predicted molar refractivity (Wildman–Crippen MR) is 116 cm³/mol. The number of nitrogens with one attached hydrogen (secondary N) is 1. The van der Waals surface area contributed by atoms with Gasteiger partial charge in [-0.1, -0.05) is 25.0 Å². The number of anilines is 1. The van der Waals surface area contributed by atoms with E-state index in [9.17, 15) is 8.42 Å². The van der Waals surface area contributed by atoms with Crippen molar-refractivity contribution in [3.8, 4) is 11.5 Å². The Bertz CT molecular complexity index is 890. The fourth-order valence-electron chi connectivity index (χ4n) is 3.60. The molecule has 0 bridgehead atoms. The molecule has 2 aromatic rings. The van der Waals surface area contributed by atoms with Crippen molar-refractivity contribution in [1.29, 1.82) is 0 Å². The van der Waals surface area contributed by atoms with Gasteiger partial charge in [0.1, 0.15) is 16.4 Å². The third-order valence-corrected chi connectivity index (χ3v) is 6.76. The van der Waals surface area contributed by atoms with Crippen LogP contribution in [-0.4, -0.2) is 42.3 Å². The molecule has 2 aromatic carbocycles. The van der Waals surface area contributed by atoms with E-state index < -0.39 is 10.0 Å². The molecule has 0 saturated carbocycles. The maximum absolute atomic E-state index is 12.7. The van der Waals surface area contributed by atoms with Crippen LogP contribution in [0.15, 0.2) is 47.4 Å². The standard InChI is InChI=1S/C22H30N2O4S/c1-27-20-11-12-21(28-2)22(17-20)29(25,26)23-14-13-18-7-9-19(10-8-18)24-15-5-3-4-6-16-24/h7-12,17,23H,3-6,13-16H2,1-2H3. The largest absolute Gasteiger partial charge is 0.497 e. The first-order chi connectivity index (χ1) is 14.0. The molecule has 0 unspecified atom stereocenters. The lowest BCUT2D eigenvalue weighted by Crippen LogP contribution is -2.26. The second-order valence-corrected chi connectivity index (χ2v) is 8.97. The van der Waals surface area contributed by atoms with Gasteiger partial charge in [0.2, 0.25) is 10.0 Å². The van der Waals surface area contributed by atoms with E-state index in [0.29, 0.717) is 24.5 Å². The zero-order valence-electron chi connectivity index (χ0n) is 17.2. The maximum Gasteiger partial charge on any atom is 0.244 e. The van der Waals surface area contributed by atoms with E-state index in [4.69, 9.17) is 9.47 Å². The SMILES string of the molecule is COc1ccc(OC)c(S(=O)(=O)NCCc2ccc(N3CCCCCC3)cc2)c1. The summed E-state index contributed by atoms with van der Waals surface area (Å²) in [5.41, 5.74) is 2.35. The Morgan fingerprint density at radius 2 is 1.62 bits per heavy atom. The minimum Gasteiger partial charge on any atom is -0.497 e. The first kappa shape index (κ1) is 21.5. The maximum atomic E-state index is 12.7. The molecule has 1 aliphatic heterocycles. The smallest absolute Gasteiger partial charge is 0.244 e. The zero-order chi connectivity index (χ0) is 20.7. The van der Waals surface area contributed by atoms with Crippen LogP contribution >= 0.6 is 0 Å². The normalized spacial score (nSPS) is 15.0. The third kappa shape index (κ3) is 5.64. The van der Waals surface area contributed by atoms with Gasteiger partial charge in [-0.25, -0.2) is 13.1 Å². The van der Waals surface area contributed by atoms with Crippen molar-refractivity contribution in [3.05, 3.63) is 48.0 Å². The summed E-state index contributed by atoms with van der Waals surface area (Å²) in [6, 6.07) is 13.2. The van der Waals surface area contributed by atoms with E-state index in [-0.39, 0.29) is 4.90 Å². The minimum atomic E-state index is -3.70. The van der Waals surface area contributed by atoms with Crippen molar-refractivity contribution >= 4 is 15.7 Å². The van der Waals surface area contributed by atoms with Crippen LogP contribution in [0.2, 0.25) is 0 Å². The number of sulfonamides is 1. The number of hydrogen-bond acceptors (Lipinski definition) is 5. The molecule has 3 rings (SSSR count). The Kier molecular flexibility index (Phi) is 7.39. The van der Waals surface area contributed by atoms with Crippen molar-refractivity contribution in [2.24, 2.45) is 0 Å². The number of rotatable bonds is 8. The lowest BCUT2D eigenvalue weighted by atomic mass is 10.1. The quantitative estimate of drug-likeness (QED) is 0.709. The summed E-state index contributed by atoms with van der Waals surface area (Å²) >= 11 is 0. The molecule has 0 spiro atoms. The van der Waals surface area contributed by atoms with Crippen molar-refractivity contribution in [2.45, 2.75) is 37.0 Å². The highest BCUT2D eigenvalue weighted by molar-refractivity contribution is 7.89. The first-order valence-corrected chi connectivity index (χ1v) is 11.6. The van der Waals surface area contributed by atoms with Crippen LogP contribution in [0.1, 0.15) is 31.2 Å². The Morgan fingerprint density at radius 1 is 0.931 bits per heavy atom. The van der Waals surface area contributed by atoms with Gasteiger partial charge in [-0.15, -0.1) is 0 Å². The minimum absolute atomic E-state index is 0.0795. The van der Waals surface area contributed by atoms with Crippen molar-refractivity contribution in [1.82, 2.24) is 4.72 Å². The zero-order valence-corrected chi connectivity index (χ0v) is 18.0. The predicted octanol–water partition coefficient (Wildman–Crippen LogP) is 3.61. The fraction of sp³-hybridized carbons (Fsp3) is 0.455. The molecule has 158 valence electrons. The summed E-state index contributed by atoms with van der Waals surface area (Å²) in [5, 5.41) is 0. The Balaban J connectivity index is 1.60. The van der Waals surface area contributed by atoms with Crippen molar-refractivity contribution in [2.75, 3.05) is 38.8 Å². The lowest BCUT2D eigenvalue weighted by molar-refractivity contribution is 0.392. The molecule has 1 aliphatic rings. The average molecular weight is 419 g/mol. The van der Waals surface area contributed by atoms with E-state index >= 15 is 0 Å². The van der Waals surface area contributed by atoms with Crippen molar-refractivity contribution < 1.29 is 17.9 Å². The van der Waals surface area contributed by atoms with Crippen LogP contribution in [0.5, 0.6) is 11.5 Å². The summed E-state index contributed by atoms with van der Waals surface area (Å²) in [6.07, 6.45) is 5.74. The van der Waals surface area contributed by atoms with E-state index in [1.54, 1.807) is 12.1 Å². The molecule has 0 amide bonds. The van der Waals surface area contributed by atoms with Gasteiger partial charge in [0.05, 0.1) is 14.2 Å². The van der Waals surface area contributed by atoms with Crippen LogP contribution in [-0.2, 0) is 16.4 Å². The monoisotopic (exact) mass is 418 g/mol. The van der Waals surface area contributed by atoms with Gasteiger partial charge >= 0.3 is 0 Å². The molecule has 7 heteroatoms. The number of hydrogen-bond donors (Lipinski definition) is 1. The van der Waals surface area contributed by atoms with E-state index in [0.717, 1.165) is 18.7 Å². The summed E-state index contributed by atoms with van der Waals surface area (Å²) in [5.74, 6) is 0.760. The van der Waals surface area contributed by atoms with Crippen LogP contribution in [0.4, 0.5) is 5.69 Å². The van der Waals surface area contributed by atoms with Gasteiger partial charge in [0.25, 0.3) is 0 Å². The van der Waals surface area contributed by atoms with Gasteiger partial charge in [0.15, 0.2) is 0 Å². The third-order valence-electron chi connectivity index (χ3n) is 5.27. The highest BCUT2D eigenvalue weighted by Gasteiger charge is 2.20. The highest BCUT2D eigenvalue weighted by Crippen LogP contribution is 2.28. The summed E-state index contributed by atoms with van der Waals surface area (Å²) in [6.45, 7) is 2.54. The molecule has 0 aromatic heterocycles. The molecule has 0 atom stereocenters. The van der Waals surface area contributed by atoms with E-state index in [1.165, 1.54) is 51.7 Å².